The molecule has 4 rings (SSSR count). The van der Waals surface area contributed by atoms with Gasteiger partial charge < -0.3 is 20.5 Å². The first-order chi connectivity index (χ1) is 16.3. The predicted molar refractivity (Wildman–Crippen MR) is 129 cm³/mol. The van der Waals surface area contributed by atoms with Gasteiger partial charge in [-0.25, -0.2) is 4.79 Å². The maximum absolute atomic E-state index is 12.7. The zero-order valence-corrected chi connectivity index (χ0v) is 19.0. The number of hydrogen-bond acceptors (Lipinski definition) is 4. The van der Waals surface area contributed by atoms with E-state index in [0.717, 1.165) is 33.4 Å². The largest absolute Gasteiger partial charge is 0.481 e. The Bertz CT molecular complexity index is 1190. The third kappa shape index (κ3) is 5.09. The van der Waals surface area contributed by atoms with Crippen molar-refractivity contribution in [3.05, 3.63) is 89.0 Å². The van der Waals surface area contributed by atoms with Gasteiger partial charge in [0.25, 0.3) is 0 Å². The summed E-state index contributed by atoms with van der Waals surface area (Å²) in [4.78, 5) is 36.6. The molecular formula is C27H26N2O5. The predicted octanol–water partition coefficient (Wildman–Crippen LogP) is 4.62. The van der Waals surface area contributed by atoms with Crippen LogP contribution in [0.2, 0.25) is 0 Å². The van der Waals surface area contributed by atoms with Gasteiger partial charge in [-0.15, -0.1) is 0 Å². The highest BCUT2D eigenvalue weighted by Crippen LogP contribution is 2.44. The lowest BCUT2D eigenvalue weighted by Crippen LogP contribution is -2.45. The zero-order valence-electron chi connectivity index (χ0n) is 19.0. The first kappa shape index (κ1) is 23.0. The minimum Gasteiger partial charge on any atom is -0.481 e. The molecule has 0 aliphatic heterocycles. The monoisotopic (exact) mass is 458 g/mol. The lowest BCUT2D eigenvalue weighted by atomic mass is 9.98. The molecule has 1 aliphatic rings. The fourth-order valence-corrected chi connectivity index (χ4v) is 4.44. The molecule has 3 aromatic rings. The number of carbonyl (C=O) groups is 3. The second kappa shape index (κ2) is 9.79. The van der Waals surface area contributed by atoms with Crippen molar-refractivity contribution in [1.29, 1.82) is 0 Å². The molecule has 1 aliphatic carbocycles. The van der Waals surface area contributed by atoms with Crippen molar-refractivity contribution >= 4 is 23.7 Å². The SMILES string of the molecule is Cc1cc(C)cc(NC(=O)C(CC(=O)O)NC(=O)OCC2c3ccccc3-c3ccccc32)c1. The molecule has 7 nitrogen and oxygen atoms in total. The Balaban J connectivity index is 1.43. The van der Waals surface area contributed by atoms with Crippen LogP contribution in [0.25, 0.3) is 11.1 Å². The molecule has 34 heavy (non-hydrogen) atoms. The average Bonchev–Trinajstić information content (AvgIpc) is 3.10. The highest BCUT2D eigenvalue weighted by atomic mass is 16.5. The first-order valence-corrected chi connectivity index (χ1v) is 11.0. The highest BCUT2D eigenvalue weighted by Gasteiger charge is 2.30. The number of aryl methyl sites for hydroxylation is 2. The van der Waals surface area contributed by atoms with Crippen LogP contribution in [0.1, 0.15) is 34.6 Å². The van der Waals surface area contributed by atoms with Crippen LogP contribution in [0, 0.1) is 13.8 Å². The van der Waals surface area contributed by atoms with Crippen LogP contribution in [0.3, 0.4) is 0 Å². The lowest BCUT2D eigenvalue weighted by Gasteiger charge is -2.19. The molecule has 0 heterocycles. The van der Waals surface area contributed by atoms with E-state index >= 15 is 0 Å². The second-order valence-electron chi connectivity index (χ2n) is 8.49. The fourth-order valence-electron chi connectivity index (χ4n) is 4.44. The molecule has 0 saturated heterocycles. The molecule has 0 bridgehead atoms. The van der Waals surface area contributed by atoms with Crippen LogP contribution in [-0.4, -0.2) is 35.7 Å². The number of ether oxygens (including phenoxy) is 1. The third-order valence-electron chi connectivity index (χ3n) is 5.82. The molecule has 3 aromatic carbocycles. The number of amides is 2. The molecule has 7 heteroatoms. The Morgan fingerprint density at radius 3 is 2.03 bits per heavy atom. The summed E-state index contributed by atoms with van der Waals surface area (Å²) in [5.41, 5.74) is 6.76. The number of carboxylic acids is 1. The molecule has 0 radical (unpaired) electrons. The van der Waals surface area contributed by atoms with Crippen molar-refractivity contribution in [2.75, 3.05) is 11.9 Å². The minimum absolute atomic E-state index is 0.0678. The summed E-state index contributed by atoms with van der Waals surface area (Å²) >= 11 is 0. The number of anilines is 1. The summed E-state index contributed by atoms with van der Waals surface area (Å²) in [5.74, 6) is -1.97. The number of fused-ring (bicyclic) bond motifs is 3. The van der Waals surface area contributed by atoms with Gasteiger partial charge in [-0.2, -0.15) is 0 Å². The maximum atomic E-state index is 12.7. The number of alkyl carbamates (subject to hydrolysis) is 1. The number of benzene rings is 3. The molecule has 0 saturated carbocycles. The Labute approximate surface area is 197 Å². The highest BCUT2D eigenvalue weighted by molar-refractivity contribution is 5.98. The normalized spacial score (nSPS) is 12.9. The molecule has 1 atom stereocenters. The summed E-state index contributed by atoms with van der Waals surface area (Å²) in [6.45, 7) is 3.86. The van der Waals surface area contributed by atoms with Gasteiger partial charge in [0.15, 0.2) is 0 Å². The van der Waals surface area contributed by atoms with Gasteiger partial charge in [0.05, 0.1) is 6.42 Å². The fraction of sp³-hybridized carbons (Fsp3) is 0.222. The van der Waals surface area contributed by atoms with Crippen molar-refractivity contribution in [2.24, 2.45) is 0 Å². The molecule has 1 unspecified atom stereocenters. The standard InChI is InChI=1S/C27H26N2O5/c1-16-11-17(2)13-18(12-16)28-26(32)24(14-25(30)31)29-27(33)34-15-23-21-9-5-3-7-19(21)20-8-4-6-10-22(20)23/h3-13,23-24H,14-15H2,1-2H3,(H,28,32)(H,29,33)(H,30,31). The van der Waals surface area contributed by atoms with E-state index in [4.69, 9.17) is 4.74 Å². The number of aliphatic carboxylic acids is 1. The van der Waals surface area contributed by atoms with Crippen LogP contribution < -0.4 is 10.6 Å². The van der Waals surface area contributed by atoms with Gasteiger partial charge in [-0.1, -0.05) is 54.6 Å². The quantitative estimate of drug-likeness (QED) is 0.479. The summed E-state index contributed by atoms with van der Waals surface area (Å²) < 4.78 is 5.47. The van der Waals surface area contributed by atoms with Gasteiger partial charge in [0, 0.05) is 11.6 Å². The zero-order chi connectivity index (χ0) is 24.2. The maximum Gasteiger partial charge on any atom is 0.407 e. The number of nitrogens with one attached hydrogen (secondary N) is 2. The van der Waals surface area contributed by atoms with Crippen molar-refractivity contribution < 1.29 is 24.2 Å². The first-order valence-electron chi connectivity index (χ1n) is 11.0. The molecule has 0 fully saturated rings. The van der Waals surface area contributed by atoms with E-state index < -0.39 is 30.4 Å². The lowest BCUT2D eigenvalue weighted by molar-refractivity contribution is -0.139. The molecule has 174 valence electrons. The molecular weight excluding hydrogens is 432 g/mol. The van der Waals surface area contributed by atoms with Crippen LogP contribution in [0.5, 0.6) is 0 Å². The van der Waals surface area contributed by atoms with E-state index in [1.54, 1.807) is 12.1 Å². The van der Waals surface area contributed by atoms with E-state index in [-0.39, 0.29) is 12.5 Å². The van der Waals surface area contributed by atoms with Crippen molar-refractivity contribution in [1.82, 2.24) is 5.32 Å². The Kier molecular flexibility index (Phi) is 6.63. The smallest absolute Gasteiger partial charge is 0.407 e. The van der Waals surface area contributed by atoms with Crippen LogP contribution >= 0.6 is 0 Å². The van der Waals surface area contributed by atoms with Crippen LogP contribution in [-0.2, 0) is 14.3 Å². The average molecular weight is 459 g/mol. The van der Waals surface area contributed by atoms with Crippen LogP contribution in [0.15, 0.2) is 66.7 Å². The van der Waals surface area contributed by atoms with Crippen molar-refractivity contribution in [3.63, 3.8) is 0 Å². The molecule has 0 aromatic heterocycles. The Morgan fingerprint density at radius 1 is 0.912 bits per heavy atom. The van der Waals surface area contributed by atoms with Gasteiger partial charge in [-0.3, -0.25) is 9.59 Å². The van der Waals surface area contributed by atoms with E-state index in [1.165, 1.54) is 0 Å². The van der Waals surface area contributed by atoms with Crippen LogP contribution in [0.4, 0.5) is 10.5 Å². The molecule has 3 N–H and O–H groups in total. The Morgan fingerprint density at radius 2 is 1.47 bits per heavy atom. The van der Waals surface area contributed by atoms with Gasteiger partial charge in [-0.05, 0) is 59.4 Å². The third-order valence-corrected chi connectivity index (χ3v) is 5.82. The van der Waals surface area contributed by atoms with Gasteiger partial charge >= 0.3 is 12.1 Å². The Hall–Kier alpha value is -4.13. The second-order valence-corrected chi connectivity index (χ2v) is 8.49. The summed E-state index contributed by atoms with van der Waals surface area (Å²) in [6.07, 6.45) is -1.41. The van der Waals surface area contributed by atoms with E-state index in [0.29, 0.717) is 5.69 Å². The van der Waals surface area contributed by atoms with E-state index in [9.17, 15) is 19.5 Å². The molecule has 0 spiro atoms. The molecule has 2 amide bonds. The van der Waals surface area contributed by atoms with E-state index in [1.807, 2.05) is 68.4 Å². The van der Waals surface area contributed by atoms with Crippen molar-refractivity contribution in [2.45, 2.75) is 32.2 Å². The number of carbonyl (C=O) groups excluding carboxylic acids is 2. The number of rotatable bonds is 7. The summed E-state index contributed by atoms with van der Waals surface area (Å²) in [7, 11) is 0. The summed E-state index contributed by atoms with van der Waals surface area (Å²) in [5, 5.41) is 14.3. The van der Waals surface area contributed by atoms with Gasteiger partial charge in [0.1, 0.15) is 12.6 Å². The van der Waals surface area contributed by atoms with Crippen molar-refractivity contribution in [3.8, 4) is 11.1 Å². The number of hydrogen-bond donors (Lipinski definition) is 3. The van der Waals surface area contributed by atoms with E-state index in [2.05, 4.69) is 10.6 Å². The minimum atomic E-state index is -1.28. The van der Waals surface area contributed by atoms with Gasteiger partial charge in [0.2, 0.25) is 5.91 Å². The number of carboxylic acid groups (broad SMARTS) is 1. The summed E-state index contributed by atoms with van der Waals surface area (Å²) in [6, 6.07) is 20.1. The topological polar surface area (TPSA) is 105 Å².